The Hall–Kier alpha value is -1.58. The monoisotopic (exact) mass is 256 g/mol. The third-order valence-corrected chi connectivity index (χ3v) is 3.71. The van der Waals surface area contributed by atoms with Gasteiger partial charge in [0.05, 0.1) is 5.69 Å². The van der Waals surface area contributed by atoms with Crippen LogP contribution in [0, 0.1) is 18.2 Å². The summed E-state index contributed by atoms with van der Waals surface area (Å²) >= 11 is 0. The number of rotatable bonds is 4. The lowest BCUT2D eigenvalue weighted by atomic mass is 10.3. The number of terminal acetylenes is 1. The van der Waals surface area contributed by atoms with Crippen LogP contribution in [0.3, 0.4) is 0 Å². The SMILES string of the molecule is C#CCC(C)NS(=O)(=O)c1ccc(F)cc1N. The molecular weight excluding hydrogens is 243 g/mol. The fourth-order valence-corrected chi connectivity index (χ4v) is 2.67. The minimum atomic E-state index is -3.77. The molecule has 0 spiro atoms. The van der Waals surface area contributed by atoms with E-state index in [1.54, 1.807) is 6.92 Å². The van der Waals surface area contributed by atoms with Gasteiger partial charge in [-0.1, -0.05) is 0 Å². The van der Waals surface area contributed by atoms with Gasteiger partial charge in [0.1, 0.15) is 10.7 Å². The van der Waals surface area contributed by atoms with Crippen molar-refractivity contribution in [2.45, 2.75) is 24.3 Å². The smallest absolute Gasteiger partial charge is 0.242 e. The van der Waals surface area contributed by atoms with E-state index in [9.17, 15) is 12.8 Å². The molecule has 1 atom stereocenters. The molecule has 0 saturated heterocycles. The van der Waals surface area contributed by atoms with Crippen molar-refractivity contribution in [2.24, 2.45) is 0 Å². The molecule has 0 bridgehead atoms. The Kier molecular flexibility index (Phi) is 4.10. The van der Waals surface area contributed by atoms with Crippen LogP contribution < -0.4 is 10.5 Å². The molecule has 0 saturated carbocycles. The number of anilines is 1. The number of nitrogen functional groups attached to an aromatic ring is 1. The van der Waals surface area contributed by atoms with E-state index in [1.807, 2.05) is 0 Å². The number of nitrogens with two attached hydrogens (primary N) is 1. The van der Waals surface area contributed by atoms with Crippen LogP contribution in [-0.2, 0) is 10.0 Å². The molecule has 0 aliphatic heterocycles. The molecule has 0 radical (unpaired) electrons. The molecule has 4 nitrogen and oxygen atoms in total. The fraction of sp³-hybridized carbons (Fsp3) is 0.273. The second-order valence-corrected chi connectivity index (χ2v) is 5.30. The molecule has 1 rings (SSSR count). The lowest BCUT2D eigenvalue weighted by Crippen LogP contribution is -2.32. The summed E-state index contributed by atoms with van der Waals surface area (Å²) in [5.41, 5.74) is 5.32. The molecule has 6 heteroatoms. The van der Waals surface area contributed by atoms with Crippen LogP contribution >= 0.6 is 0 Å². The first-order valence-electron chi connectivity index (χ1n) is 4.87. The van der Waals surface area contributed by atoms with Crippen molar-refractivity contribution >= 4 is 15.7 Å². The highest BCUT2D eigenvalue weighted by Gasteiger charge is 2.19. The molecule has 1 aromatic rings. The third kappa shape index (κ3) is 3.44. The van der Waals surface area contributed by atoms with Crippen LogP contribution in [-0.4, -0.2) is 14.5 Å². The van der Waals surface area contributed by atoms with Crippen molar-refractivity contribution in [3.63, 3.8) is 0 Å². The highest BCUT2D eigenvalue weighted by atomic mass is 32.2. The average molecular weight is 256 g/mol. The zero-order valence-corrected chi connectivity index (χ0v) is 10.1. The molecule has 1 aromatic carbocycles. The molecule has 0 aliphatic rings. The van der Waals surface area contributed by atoms with Crippen LogP contribution in [0.15, 0.2) is 23.1 Å². The molecule has 0 heterocycles. The summed E-state index contributed by atoms with van der Waals surface area (Å²) < 4.78 is 38.9. The topological polar surface area (TPSA) is 72.2 Å². The van der Waals surface area contributed by atoms with Crippen LogP contribution in [0.4, 0.5) is 10.1 Å². The normalized spacial score (nSPS) is 13.0. The van der Waals surface area contributed by atoms with Gasteiger partial charge in [-0.25, -0.2) is 17.5 Å². The highest BCUT2D eigenvalue weighted by Crippen LogP contribution is 2.19. The van der Waals surface area contributed by atoms with Gasteiger partial charge in [0.25, 0.3) is 0 Å². The number of benzene rings is 1. The summed E-state index contributed by atoms with van der Waals surface area (Å²) in [6.07, 6.45) is 5.34. The van der Waals surface area contributed by atoms with Crippen LogP contribution in [0.25, 0.3) is 0 Å². The van der Waals surface area contributed by atoms with Crippen molar-refractivity contribution in [1.82, 2.24) is 4.72 Å². The standard InChI is InChI=1S/C11H13FN2O2S/c1-3-4-8(2)14-17(15,16)11-6-5-9(12)7-10(11)13/h1,5-8,14H,4,13H2,2H3. The molecule has 17 heavy (non-hydrogen) atoms. The Morgan fingerprint density at radius 2 is 2.24 bits per heavy atom. The molecular formula is C11H13FN2O2S. The van der Waals surface area contributed by atoms with Gasteiger partial charge >= 0.3 is 0 Å². The van der Waals surface area contributed by atoms with E-state index in [2.05, 4.69) is 10.6 Å². The molecule has 0 aliphatic carbocycles. The van der Waals surface area contributed by atoms with Crippen molar-refractivity contribution in [3.8, 4) is 12.3 Å². The summed E-state index contributed by atoms with van der Waals surface area (Å²) in [5.74, 6) is 1.76. The summed E-state index contributed by atoms with van der Waals surface area (Å²) in [7, 11) is -3.77. The Labute approximate surface area is 100 Å². The van der Waals surface area contributed by atoms with Gasteiger partial charge in [0, 0.05) is 12.5 Å². The fourth-order valence-electron chi connectivity index (χ4n) is 1.31. The first-order chi connectivity index (χ1) is 7.86. The van der Waals surface area contributed by atoms with E-state index in [0.29, 0.717) is 0 Å². The first-order valence-corrected chi connectivity index (χ1v) is 6.36. The molecule has 0 aromatic heterocycles. The highest BCUT2D eigenvalue weighted by molar-refractivity contribution is 7.89. The van der Waals surface area contributed by atoms with Crippen LogP contribution in [0.2, 0.25) is 0 Å². The minimum Gasteiger partial charge on any atom is -0.398 e. The maximum Gasteiger partial charge on any atom is 0.242 e. The van der Waals surface area contributed by atoms with Crippen molar-refractivity contribution < 1.29 is 12.8 Å². The van der Waals surface area contributed by atoms with E-state index >= 15 is 0 Å². The minimum absolute atomic E-state index is 0.134. The van der Waals surface area contributed by atoms with E-state index < -0.39 is 21.9 Å². The van der Waals surface area contributed by atoms with E-state index in [0.717, 1.165) is 18.2 Å². The second kappa shape index (κ2) is 5.17. The van der Waals surface area contributed by atoms with Crippen molar-refractivity contribution in [1.29, 1.82) is 0 Å². The molecule has 0 amide bonds. The molecule has 92 valence electrons. The van der Waals surface area contributed by atoms with Gasteiger partial charge in [-0.2, -0.15) is 0 Å². The number of halogens is 1. The molecule has 1 unspecified atom stereocenters. The van der Waals surface area contributed by atoms with E-state index in [4.69, 9.17) is 12.2 Å². The zero-order valence-electron chi connectivity index (χ0n) is 9.27. The van der Waals surface area contributed by atoms with Crippen LogP contribution in [0.5, 0.6) is 0 Å². The van der Waals surface area contributed by atoms with Gasteiger partial charge in [-0.15, -0.1) is 12.3 Å². The van der Waals surface area contributed by atoms with Gasteiger partial charge in [0.2, 0.25) is 10.0 Å². The lowest BCUT2D eigenvalue weighted by molar-refractivity contribution is 0.563. The number of nitrogens with one attached hydrogen (secondary N) is 1. The van der Waals surface area contributed by atoms with Gasteiger partial charge in [0.15, 0.2) is 0 Å². The van der Waals surface area contributed by atoms with E-state index in [-0.39, 0.29) is 17.0 Å². The Balaban J connectivity index is 3.02. The predicted molar refractivity (Wildman–Crippen MR) is 64.0 cm³/mol. The van der Waals surface area contributed by atoms with Gasteiger partial charge in [-0.05, 0) is 25.1 Å². The Morgan fingerprint density at radius 3 is 2.76 bits per heavy atom. The second-order valence-electron chi connectivity index (χ2n) is 3.61. The summed E-state index contributed by atoms with van der Waals surface area (Å²) in [6, 6.07) is 2.71. The lowest BCUT2D eigenvalue weighted by Gasteiger charge is -2.13. The van der Waals surface area contributed by atoms with Crippen molar-refractivity contribution in [3.05, 3.63) is 24.0 Å². The average Bonchev–Trinajstić information content (AvgIpc) is 2.15. The van der Waals surface area contributed by atoms with E-state index in [1.165, 1.54) is 0 Å². The molecule has 0 fully saturated rings. The first kappa shape index (κ1) is 13.5. The zero-order chi connectivity index (χ0) is 13.1. The summed E-state index contributed by atoms with van der Waals surface area (Å²) in [4.78, 5) is -0.150. The maximum absolute atomic E-state index is 12.8. The Bertz CT molecular complexity index is 549. The van der Waals surface area contributed by atoms with Crippen LogP contribution in [0.1, 0.15) is 13.3 Å². The third-order valence-electron chi connectivity index (χ3n) is 2.04. The predicted octanol–water partition coefficient (Wildman–Crippen LogP) is 1.10. The quantitative estimate of drug-likeness (QED) is 0.626. The summed E-state index contributed by atoms with van der Waals surface area (Å²) in [6.45, 7) is 1.64. The number of sulfonamides is 1. The number of hydrogen-bond donors (Lipinski definition) is 2. The van der Waals surface area contributed by atoms with Gasteiger partial charge < -0.3 is 5.73 Å². The van der Waals surface area contributed by atoms with Gasteiger partial charge in [-0.3, -0.25) is 0 Å². The number of hydrogen-bond acceptors (Lipinski definition) is 3. The Morgan fingerprint density at radius 1 is 1.59 bits per heavy atom. The van der Waals surface area contributed by atoms with Crippen molar-refractivity contribution in [2.75, 3.05) is 5.73 Å². The molecule has 3 N–H and O–H groups in total. The summed E-state index contributed by atoms with van der Waals surface area (Å²) in [5, 5.41) is 0. The maximum atomic E-state index is 12.8. The largest absolute Gasteiger partial charge is 0.398 e.